The van der Waals surface area contributed by atoms with E-state index in [-0.39, 0.29) is 24.0 Å². The van der Waals surface area contributed by atoms with Gasteiger partial charge in [-0.2, -0.15) is 0 Å². The Bertz CT molecular complexity index is 1150. The molecular weight excluding hydrogens is 452 g/mol. The second-order valence-electron chi connectivity index (χ2n) is 6.74. The molecule has 0 aliphatic heterocycles. The number of likely N-dealkylation sites (N-methyl/N-ethyl adjacent to an activating group) is 1. The van der Waals surface area contributed by atoms with Crippen LogP contribution in [-0.4, -0.2) is 38.8 Å². The maximum atomic E-state index is 12.3. The third-order valence-electron chi connectivity index (χ3n) is 4.36. The number of furan rings is 1. The summed E-state index contributed by atoms with van der Waals surface area (Å²) >= 11 is 1.54. The third kappa shape index (κ3) is 6.91. The van der Waals surface area contributed by atoms with E-state index in [9.17, 15) is 18.0 Å². The van der Waals surface area contributed by atoms with E-state index in [1.165, 1.54) is 35.4 Å². The van der Waals surface area contributed by atoms with Crippen LogP contribution in [0.2, 0.25) is 0 Å². The number of rotatable bonds is 10. The van der Waals surface area contributed by atoms with Gasteiger partial charge in [0, 0.05) is 18.0 Å². The first-order valence-electron chi connectivity index (χ1n) is 9.57. The van der Waals surface area contributed by atoms with Gasteiger partial charge in [-0.1, -0.05) is 18.2 Å². The molecule has 3 aromatic rings. The number of esters is 1. The molecule has 0 fully saturated rings. The molecule has 8 nitrogen and oxygen atoms in total. The molecule has 3 rings (SSSR count). The lowest BCUT2D eigenvalue weighted by Gasteiger charge is -2.15. The molecule has 1 aromatic carbocycles. The van der Waals surface area contributed by atoms with Crippen LogP contribution >= 0.6 is 11.3 Å². The highest BCUT2D eigenvalue weighted by Crippen LogP contribution is 2.13. The van der Waals surface area contributed by atoms with Crippen molar-refractivity contribution in [1.82, 2.24) is 9.62 Å². The molecule has 1 N–H and O–H groups in total. The molecule has 0 atom stereocenters. The first-order chi connectivity index (χ1) is 15.3. The van der Waals surface area contributed by atoms with E-state index in [2.05, 4.69) is 4.72 Å². The average molecular weight is 475 g/mol. The zero-order chi connectivity index (χ0) is 23.0. The van der Waals surface area contributed by atoms with Crippen LogP contribution in [0.15, 0.2) is 75.6 Å². The van der Waals surface area contributed by atoms with Crippen molar-refractivity contribution >= 4 is 39.3 Å². The number of nitrogens with one attached hydrogen (secondary N) is 1. The molecule has 0 radical (unpaired) electrons. The van der Waals surface area contributed by atoms with E-state index in [1.807, 2.05) is 17.5 Å². The minimum absolute atomic E-state index is 0.0457. The third-order valence-corrected chi connectivity index (χ3v) is 6.63. The summed E-state index contributed by atoms with van der Waals surface area (Å²) in [5.41, 5.74) is 0.605. The lowest BCUT2D eigenvalue weighted by molar-refractivity contribution is -0.147. The number of sulfonamides is 1. The molecule has 2 heterocycles. The van der Waals surface area contributed by atoms with E-state index >= 15 is 0 Å². The normalized spacial score (nSPS) is 11.5. The Morgan fingerprint density at radius 3 is 2.59 bits per heavy atom. The molecule has 10 heteroatoms. The topological polar surface area (TPSA) is 106 Å². The number of hydrogen-bond donors (Lipinski definition) is 1. The van der Waals surface area contributed by atoms with E-state index < -0.39 is 16.0 Å². The van der Waals surface area contributed by atoms with Gasteiger partial charge < -0.3 is 14.1 Å². The van der Waals surface area contributed by atoms with Crippen molar-refractivity contribution in [2.75, 3.05) is 13.7 Å². The molecule has 32 heavy (non-hydrogen) atoms. The zero-order valence-corrected chi connectivity index (χ0v) is 18.9. The lowest BCUT2D eigenvalue weighted by atomic mass is 10.2. The highest BCUT2D eigenvalue weighted by Gasteiger charge is 2.14. The minimum atomic E-state index is -3.70. The number of benzene rings is 1. The molecular formula is C22H22N2O6S2. The van der Waals surface area contributed by atoms with E-state index in [0.29, 0.717) is 17.9 Å². The minimum Gasteiger partial charge on any atom is -0.468 e. The van der Waals surface area contributed by atoms with Gasteiger partial charge in [0.2, 0.25) is 10.0 Å². The molecule has 0 saturated carbocycles. The number of thiophene rings is 1. The highest BCUT2D eigenvalue weighted by atomic mass is 32.2. The van der Waals surface area contributed by atoms with E-state index in [4.69, 9.17) is 9.15 Å². The van der Waals surface area contributed by atoms with Gasteiger partial charge in [0.25, 0.3) is 5.91 Å². The summed E-state index contributed by atoms with van der Waals surface area (Å²) < 4.78 is 37.2. The van der Waals surface area contributed by atoms with Crippen LogP contribution in [0.25, 0.3) is 6.08 Å². The number of carbonyl (C=O) groups excluding carboxylic acids is 2. The van der Waals surface area contributed by atoms with Crippen molar-refractivity contribution in [3.8, 4) is 0 Å². The lowest BCUT2D eigenvalue weighted by Crippen LogP contribution is -2.30. The van der Waals surface area contributed by atoms with Crippen LogP contribution in [-0.2, 0) is 37.4 Å². The molecule has 1 amide bonds. The van der Waals surface area contributed by atoms with Crippen LogP contribution in [0.3, 0.4) is 0 Å². The van der Waals surface area contributed by atoms with Gasteiger partial charge >= 0.3 is 5.97 Å². The fourth-order valence-corrected chi connectivity index (χ4v) is 4.35. The molecule has 0 unspecified atom stereocenters. The van der Waals surface area contributed by atoms with Crippen molar-refractivity contribution in [1.29, 1.82) is 0 Å². The maximum absolute atomic E-state index is 12.3. The molecule has 0 aliphatic carbocycles. The highest BCUT2D eigenvalue weighted by molar-refractivity contribution is 7.89. The number of amides is 1. The van der Waals surface area contributed by atoms with Gasteiger partial charge in [0.1, 0.15) is 5.76 Å². The van der Waals surface area contributed by atoms with Crippen LogP contribution in [0.1, 0.15) is 16.2 Å². The predicted octanol–water partition coefficient (Wildman–Crippen LogP) is 3.03. The second kappa shape index (κ2) is 10.9. The molecule has 0 spiro atoms. The van der Waals surface area contributed by atoms with Gasteiger partial charge in [-0.3, -0.25) is 4.79 Å². The van der Waals surface area contributed by atoms with Gasteiger partial charge in [-0.25, -0.2) is 17.9 Å². The van der Waals surface area contributed by atoms with Gasteiger partial charge in [0.05, 0.1) is 24.2 Å². The Kier molecular flexibility index (Phi) is 7.98. The van der Waals surface area contributed by atoms with Crippen molar-refractivity contribution in [3.63, 3.8) is 0 Å². The summed E-state index contributed by atoms with van der Waals surface area (Å²) in [6.45, 7) is 0.142. The van der Waals surface area contributed by atoms with Gasteiger partial charge in [-0.15, -0.1) is 11.3 Å². The first kappa shape index (κ1) is 23.5. The smallest absolute Gasteiger partial charge is 0.331 e. The van der Waals surface area contributed by atoms with Crippen molar-refractivity contribution < 1.29 is 27.2 Å². The summed E-state index contributed by atoms with van der Waals surface area (Å²) in [7, 11) is -2.05. The monoisotopic (exact) mass is 474 g/mol. The summed E-state index contributed by atoms with van der Waals surface area (Å²) in [6.07, 6.45) is 4.13. The number of ether oxygens (including phenoxy) is 1. The van der Waals surface area contributed by atoms with Gasteiger partial charge in [-0.05, 0) is 47.4 Å². The molecule has 0 saturated heterocycles. The first-order valence-corrected chi connectivity index (χ1v) is 11.9. The molecule has 0 aliphatic rings. The SMILES string of the molecule is CN(Cc1cccs1)C(=O)COC(=O)/C=C/c1ccc(S(=O)(=O)NCc2ccco2)cc1. The van der Waals surface area contributed by atoms with E-state index in [0.717, 1.165) is 4.88 Å². The fourth-order valence-electron chi connectivity index (χ4n) is 2.60. The molecule has 0 bridgehead atoms. The van der Waals surface area contributed by atoms with Crippen LogP contribution < -0.4 is 4.72 Å². The average Bonchev–Trinajstić information content (AvgIpc) is 3.49. The van der Waals surface area contributed by atoms with Crippen molar-refractivity contribution in [2.45, 2.75) is 18.0 Å². The van der Waals surface area contributed by atoms with Gasteiger partial charge in [0.15, 0.2) is 6.61 Å². The Labute approximate surface area is 190 Å². The largest absolute Gasteiger partial charge is 0.468 e. The van der Waals surface area contributed by atoms with Crippen molar-refractivity contribution in [2.24, 2.45) is 0 Å². The Balaban J connectivity index is 1.47. The number of carbonyl (C=O) groups is 2. The van der Waals surface area contributed by atoms with E-state index in [1.54, 1.807) is 42.6 Å². The molecule has 168 valence electrons. The maximum Gasteiger partial charge on any atom is 0.331 e. The summed E-state index contributed by atoms with van der Waals surface area (Å²) in [4.78, 5) is 26.6. The number of nitrogens with zero attached hydrogens (tertiary/aromatic N) is 1. The quantitative estimate of drug-likeness (QED) is 0.358. The Morgan fingerprint density at radius 1 is 1.16 bits per heavy atom. The van der Waals surface area contributed by atoms with Crippen LogP contribution in [0, 0.1) is 0 Å². The zero-order valence-electron chi connectivity index (χ0n) is 17.3. The van der Waals surface area contributed by atoms with Crippen LogP contribution in [0.5, 0.6) is 0 Å². The second-order valence-corrected chi connectivity index (χ2v) is 9.54. The predicted molar refractivity (Wildman–Crippen MR) is 120 cm³/mol. The Morgan fingerprint density at radius 2 is 1.94 bits per heavy atom. The van der Waals surface area contributed by atoms with Crippen molar-refractivity contribution in [3.05, 3.63) is 82.5 Å². The van der Waals surface area contributed by atoms with Crippen LogP contribution in [0.4, 0.5) is 0 Å². The summed E-state index contributed by atoms with van der Waals surface area (Å²) in [5.74, 6) is -0.473. The molecule has 2 aromatic heterocycles. The summed E-state index contributed by atoms with van der Waals surface area (Å²) in [5, 5.41) is 1.93. The Hall–Kier alpha value is -3.21. The number of hydrogen-bond acceptors (Lipinski definition) is 7. The fraction of sp³-hybridized carbons (Fsp3) is 0.182. The summed E-state index contributed by atoms with van der Waals surface area (Å²) in [6, 6.07) is 13.2. The standard InChI is InChI=1S/C22H22N2O6S2/c1-24(15-19-5-3-13-31-19)21(25)16-30-22(26)11-8-17-6-9-20(10-7-17)32(27,28)23-14-18-4-2-12-29-18/h2-13,23H,14-16H2,1H3/b11-8+.